The number of rotatable bonds is 5. The predicted molar refractivity (Wildman–Crippen MR) is 111 cm³/mol. The smallest absolute Gasteiger partial charge is 0.361 e. The Hall–Kier alpha value is -1.84. The number of benzene rings is 2. The molecule has 2 N–H and O–H groups in total. The maximum atomic E-state index is 13.7. The lowest BCUT2D eigenvalue weighted by molar-refractivity contribution is -0.150. The van der Waals surface area contributed by atoms with Crippen LogP contribution >= 0.6 is 15.9 Å². The molecule has 156 valence electrons. The Bertz CT molecular complexity index is 1150. The molecule has 9 heteroatoms. The van der Waals surface area contributed by atoms with Gasteiger partial charge in [0.25, 0.3) is 0 Å². The van der Waals surface area contributed by atoms with E-state index in [-0.39, 0.29) is 4.90 Å². The van der Waals surface area contributed by atoms with Crippen molar-refractivity contribution in [1.82, 2.24) is 9.71 Å². The summed E-state index contributed by atoms with van der Waals surface area (Å²) < 4.78 is 69.6. The van der Waals surface area contributed by atoms with Gasteiger partial charge in [-0.05, 0) is 56.0 Å². The fourth-order valence-electron chi connectivity index (χ4n) is 3.61. The first-order chi connectivity index (χ1) is 13.4. The highest BCUT2D eigenvalue weighted by Gasteiger charge is 2.43. The average molecular weight is 489 g/mol. The van der Waals surface area contributed by atoms with Crippen molar-refractivity contribution in [2.75, 3.05) is 0 Å². The highest BCUT2D eigenvalue weighted by atomic mass is 79.9. The maximum Gasteiger partial charge on any atom is 0.405 e. The van der Waals surface area contributed by atoms with Crippen LogP contribution in [0.1, 0.15) is 22.3 Å². The third-order valence-corrected chi connectivity index (χ3v) is 6.99. The van der Waals surface area contributed by atoms with Crippen LogP contribution in [-0.2, 0) is 16.4 Å². The van der Waals surface area contributed by atoms with Gasteiger partial charge in [0.15, 0.2) is 0 Å². The molecule has 1 unspecified atom stereocenters. The molecule has 0 spiro atoms. The number of H-pyrrole nitrogens is 1. The molecule has 2 aromatic carbocycles. The van der Waals surface area contributed by atoms with E-state index in [4.69, 9.17) is 0 Å². The Morgan fingerprint density at radius 1 is 1.10 bits per heavy atom. The van der Waals surface area contributed by atoms with Gasteiger partial charge in [-0.15, -0.1) is 0 Å². The first-order valence-corrected chi connectivity index (χ1v) is 11.1. The Morgan fingerprint density at radius 2 is 1.72 bits per heavy atom. The third-order valence-electron chi connectivity index (χ3n) is 4.72. The highest BCUT2D eigenvalue weighted by Crippen LogP contribution is 2.30. The van der Waals surface area contributed by atoms with Crippen LogP contribution in [0.15, 0.2) is 45.9 Å². The van der Waals surface area contributed by atoms with Crippen LogP contribution in [0.5, 0.6) is 0 Å². The van der Waals surface area contributed by atoms with E-state index in [0.29, 0.717) is 27.6 Å². The number of hydrogen-bond acceptors (Lipinski definition) is 2. The summed E-state index contributed by atoms with van der Waals surface area (Å²) in [5.74, 6) is 0. The zero-order chi connectivity index (χ0) is 21.6. The Balaban J connectivity index is 1.98. The second kappa shape index (κ2) is 7.77. The zero-order valence-electron chi connectivity index (χ0n) is 16.0. The van der Waals surface area contributed by atoms with Crippen molar-refractivity contribution < 1.29 is 21.6 Å². The van der Waals surface area contributed by atoms with Gasteiger partial charge < -0.3 is 4.98 Å². The van der Waals surface area contributed by atoms with Crippen molar-refractivity contribution in [1.29, 1.82) is 0 Å². The lowest BCUT2D eigenvalue weighted by Crippen LogP contribution is -2.47. The summed E-state index contributed by atoms with van der Waals surface area (Å²) >= 11 is 3.32. The van der Waals surface area contributed by atoms with Crippen molar-refractivity contribution in [3.8, 4) is 0 Å². The van der Waals surface area contributed by atoms with E-state index in [0.717, 1.165) is 10.0 Å². The SMILES string of the molecule is Cc1cc(C)c(S(=O)(=O)NC(Cc2c[nH]c3cc(Br)ccc23)C(F)(F)F)c(C)c1. The minimum absolute atomic E-state index is 0.111. The molecule has 1 aromatic heterocycles. The normalized spacial score (nSPS) is 13.8. The van der Waals surface area contributed by atoms with E-state index < -0.39 is 28.7 Å². The number of nitrogens with one attached hydrogen (secondary N) is 2. The van der Waals surface area contributed by atoms with Crippen LogP contribution in [-0.4, -0.2) is 25.6 Å². The van der Waals surface area contributed by atoms with Gasteiger partial charge in [-0.3, -0.25) is 0 Å². The number of aromatic amines is 1. The van der Waals surface area contributed by atoms with Crippen LogP contribution in [0.25, 0.3) is 10.9 Å². The standard InChI is InChI=1S/C20H20BrF3N2O2S/c1-11-6-12(2)19(13(3)7-11)29(27,28)26-18(20(22,23)24)8-14-10-25-17-9-15(21)4-5-16(14)17/h4-7,9-10,18,25-26H,8H2,1-3H3. The number of aromatic nitrogens is 1. The molecular weight excluding hydrogens is 469 g/mol. The Morgan fingerprint density at radius 3 is 2.31 bits per heavy atom. The van der Waals surface area contributed by atoms with Crippen molar-refractivity contribution in [3.63, 3.8) is 0 Å². The molecular formula is C20H20BrF3N2O2S. The first-order valence-electron chi connectivity index (χ1n) is 8.81. The third kappa shape index (κ3) is 4.67. The lowest BCUT2D eigenvalue weighted by atomic mass is 10.1. The van der Waals surface area contributed by atoms with Gasteiger partial charge in [0.1, 0.15) is 6.04 Å². The van der Waals surface area contributed by atoms with Gasteiger partial charge in [-0.2, -0.15) is 17.9 Å². The first kappa shape index (κ1) is 21.9. The van der Waals surface area contributed by atoms with Gasteiger partial charge in [0, 0.05) is 21.6 Å². The minimum Gasteiger partial charge on any atom is -0.361 e. The van der Waals surface area contributed by atoms with Crippen LogP contribution in [0.4, 0.5) is 13.2 Å². The largest absolute Gasteiger partial charge is 0.405 e. The van der Waals surface area contributed by atoms with Gasteiger partial charge in [-0.25, -0.2) is 8.42 Å². The van der Waals surface area contributed by atoms with Gasteiger partial charge >= 0.3 is 6.18 Å². The Labute approximate surface area is 175 Å². The molecule has 0 amide bonds. The summed E-state index contributed by atoms with van der Waals surface area (Å²) in [5, 5.41) is 0.615. The van der Waals surface area contributed by atoms with Crippen LogP contribution in [0.2, 0.25) is 0 Å². The predicted octanol–water partition coefficient (Wildman–Crippen LogP) is 5.31. The molecule has 0 fully saturated rings. The molecule has 1 atom stereocenters. The molecule has 0 aliphatic carbocycles. The number of aryl methyl sites for hydroxylation is 3. The van der Waals surface area contributed by atoms with E-state index in [9.17, 15) is 21.6 Å². The van der Waals surface area contributed by atoms with Crippen molar-refractivity contribution in [3.05, 3.63) is 63.3 Å². The molecule has 0 aliphatic heterocycles. The number of fused-ring (bicyclic) bond motifs is 1. The maximum absolute atomic E-state index is 13.7. The van der Waals surface area contributed by atoms with E-state index >= 15 is 0 Å². The molecule has 0 saturated heterocycles. The molecule has 0 bridgehead atoms. The monoisotopic (exact) mass is 488 g/mol. The van der Waals surface area contributed by atoms with Gasteiger partial charge in [0.2, 0.25) is 10.0 Å². The summed E-state index contributed by atoms with van der Waals surface area (Å²) in [6.45, 7) is 4.96. The van der Waals surface area contributed by atoms with Crippen LogP contribution < -0.4 is 4.72 Å². The summed E-state index contributed by atoms with van der Waals surface area (Å²) in [6.07, 6.45) is -3.79. The summed E-state index contributed by atoms with van der Waals surface area (Å²) in [6, 6.07) is 6.20. The number of sulfonamides is 1. The quantitative estimate of drug-likeness (QED) is 0.511. The molecule has 4 nitrogen and oxygen atoms in total. The molecule has 3 aromatic rings. The fourth-order valence-corrected chi connectivity index (χ4v) is 5.64. The van der Waals surface area contributed by atoms with Crippen molar-refractivity contribution in [2.24, 2.45) is 0 Å². The molecule has 1 heterocycles. The minimum atomic E-state index is -4.75. The summed E-state index contributed by atoms with van der Waals surface area (Å²) in [5.41, 5.74) is 2.72. The summed E-state index contributed by atoms with van der Waals surface area (Å²) in [7, 11) is -4.37. The van der Waals surface area contributed by atoms with E-state index in [1.165, 1.54) is 6.20 Å². The number of halogens is 4. The second-order valence-corrected chi connectivity index (χ2v) is 9.72. The number of alkyl halides is 3. The van der Waals surface area contributed by atoms with E-state index in [1.807, 2.05) is 4.72 Å². The molecule has 3 rings (SSSR count). The van der Waals surface area contributed by atoms with Crippen LogP contribution in [0, 0.1) is 20.8 Å². The molecule has 0 radical (unpaired) electrons. The molecule has 0 aliphatic rings. The second-order valence-electron chi connectivity index (χ2n) is 7.15. The highest BCUT2D eigenvalue weighted by molar-refractivity contribution is 9.10. The molecule has 0 saturated carbocycles. The topological polar surface area (TPSA) is 62.0 Å². The van der Waals surface area contributed by atoms with Gasteiger partial charge in [-0.1, -0.05) is 39.7 Å². The van der Waals surface area contributed by atoms with Crippen molar-refractivity contribution >= 4 is 36.9 Å². The van der Waals surface area contributed by atoms with E-state index in [1.54, 1.807) is 51.1 Å². The summed E-state index contributed by atoms with van der Waals surface area (Å²) in [4.78, 5) is 2.82. The van der Waals surface area contributed by atoms with Crippen LogP contribution in [0.3, 0.4) is 0 Å². The van der Waals surface area contributed by atoms with Crippen molar-refractivity contribution in [2.45, 2.75) is 44.3 Å². The lowest BCUT2D eigenvalue weighted by Gasteiger charge is -2.23. The number of hydrogen-bond donors (Lipinski definition) is 2. The fraction of sp³-hybridized carbons (Fsp3) is 0.300. The molecule has 29 heavy (non-hydrogen) atoms. The average Bonchev–Trinajstić information content (AvgIpc) is 2.93. The van der Waals surface area contributed by atoms with E-state index in [2.05, 4.69) is 20.9 Å². The Kier molecular flexibility index (Phi) is 5.86. The zero-order valence-corrected chi connectivity index (χ0v) is 18.4. The van der Waals surface area contributed by atoms with Gasteiger partial charge in [0.05, 0.1) is 4.90 Å².